The number of rotatable bonds is 5. The van der Waals surface area contributed by atoms with Gasteiger partial charge in [-0.05, 0) is 12.1 Å². The number of amides is 1. The zero-order valence-corrected chi connectivity index (χ0v) is 13.9. The molecule has 0 bridgehead atoms. The predicted molar refractivity (Wildman–Crippen MR) is 89.6 cm³/mol. The summed E-state index contributed by atoms with van der Waals surface area (Å²) in [7, 11) is 1.59. The quantitative estimate of drug-likeness (QED) is 0.821. The van der Waals surface area contributed by atoms with Gasteiger partial charge >= 0.3 is 5.97 Å². The number of carbonyl (C=O) groups excluding carboxylic acids is 1. The number of hydrogen-bond acceptors (Lipinski definition) is 5. The molecular weight excluding hydrogens is 324 g/mol. The third-order valence-electron chi connectivity index (χ3n) is 4.11. The molecule has 1 aromatic carbocycles. The highest BCUT2D eigenvalue weighted by Crippen LogP contribution is 2.16. The van der Waals surface area contributed by atoms with Crippen molar-refractivity contribution in [2.45, 2.75) is 12.6 Å². The van der Waals surface area contributed by atoms with Gasteiger partial charge in [0, 0.05) is 38.4 Å². The van der Waals surface area contributed by atoms with E-state index in [0.29, 0.717) is 25.4 Å². The molecule has 2 heterocycles. The number of carboxylic acids is 1. The highest BCUT2D eigenvalue weighted by Gasteiger charge is 2.26. The monoisotopic (exact) mass is 344 g/mol. The number of hydrogen-bond donors (Lipinski definition) is 2. The fourth-order valence-corrected chi connectivity index (χ4v) is 2.85. The van der Waals surface area contributed by atoms with Crippen LogP contribution in [0.2, 0.25) is 0 Å². The van der Waals surface area contributed by atoms with E-state index >= 15 is 0 Å². The topological polar surface area (TPSA) is 96.7 Å². The Morgan fingerprint density at radius 1 is 1.40 bits per heavy atom. The van der Waals surface area contributed by atoms with Gasteiger partial charge in [0.05, 0.1) is 24.1 Å². The van der Waals surface area contributed by atoms with Gasteiger partial charge in [-0.2, -0.15) is 5.10 Å². The number of aromatic carboxylic acids is 1. The molecule has 0 radical (unpaired) electrons. The Balaban J connectivity index is 1.72. The fourth-order valence-electron chi connectivity index (χ4n) is 2.85. The minimum atomic E-state index is -0.991. The summed E-state index contributed by atoms with van der Waals surface area (Å²) < 4.78 is 7.04. The largest absolute Gasteiger partial charge is 0.478 e. The van der Waals surface area contributed by atoms with Crippen LogP contribution in [-0.4, -0.2) is 64.5 Å². The molecule has 1 aliphatic rings. The summed E-state index contributed by atoms with van der Waals surface area (Å²) in [5.41, 5.74) is 1.66. The van der Waals surface area contributed by atoms with Crippen LogP contribution in [-0.2, 0) is 16.1 Å². The van der Waals surface area contributed by atoms with Crippen LogP contribution in [0, 0.1) is 0 Å². The Morgan fingerprint density at radius 3 is 2.96 bits per heavy atom. The third kappa shape index (κ3) is 3.86. The van der Waals surface area contributed by atoms with Crippen LogP contribution in [0.3, 0.4) is 0 Å². The number of aromatic nitrogens is 2. The van der Waals surface area contributed by atoms with Crippen molar-refractivity contribution in [3.8, 4) is 5.69 Å². The Morgan fingerprint density at radius 2 is 2.20 bits per heavy atom. The molecule has 1 atom stereocenters. The van der Waals surface area contributed by atoms with Crippen molar-refractivity contribution in [1.29, 1.82) is 0 Å². The molecule has 2 aromatic rings. The molecule has 1 saturated heterocycles. The first-order valence-electron chi connectivity index (χ1n) is 8.00. The Bertz CT molecular complexity index is 774. The summed E-state index contributed by atoms with van der Waals surface area (Å²) >= 11 is 0. The van der Waals surface area contributed by atoms with E-state index in [0.717, 1.165) is 12.1 Å². The standard InChI is InChI=1S/C17H20N4O4/c1-18-16(22)15-11-20(6-7-25-15)9-12-8-19-21(10-12)14-5-3-2-4-13(14)17(23)24/h2-5,8,10,15H,6-7,9,11H2,1H3,(H,18,22)(H,23,24). The molecule has 1 aliphatic heterocycles. The van der Waals surface area contributed by atoms with Crippen molar-refractivity contribution >= 4 is 11.9 Å². The Hall–Kier alpha value is -2.71. The summed E-state index contributed by atoms with van der Waals surface area (Å²) in [6.07, 6.45) is 3.05. The molecule has 0 saturated carbocycles. The molecule has 3 rings (SSSR count). The molecule has 1 aromatic heterocycles. The highest BCUT2D eigenvalue weighted by atomic mass is 16.5. The summed E-state index contributed by atoms with van der Waals surface area (Å²) in [6, 6.07) is 6.73. The maximum Gasteiger partial charge on any atom is 0.337 e. The number of nitrogens with zero attached hydrogens (tertiary/aromatic N) is 3. The van der Waals surface area contributed by atoms with E-state index < -0.39 is 12.1 Å². The maximum absolute atomic E-state index is 11.7. The second-order valence-electron chi connectivity index (χ2n) is 5.82. The van der Waals surface area contributed by atoms with Crippen LogP contribution in [0.4, 0.5) is 0 Å². The number of likely N-dealkylation sites (N-methyl/N-ethyl adjacent to an activating group) is 1. The van der Waals surface area contributed by atoms with Crippen LogP contribution in [0.15, 0.2) is 36.7 Å². The molecule has 8 heteroatoms. The van der Waals surface area contributed by atoms with E-state index in [1.54, 1.807) is 42.2 Å². The van der Waals surface area contributed by atoms with Gasteiger partial charge in [-0.25, -0.2) is 9.48 Å². The number of carboxylic acid groups (broad SMARTS) is 1. The van der Waals surface area contributed by atoms with Gasteiger partial charge in [0.1, 0.15) is 6.10 Å². The SMILES string of the molecule is CNC(=O)C1CN(Cc2cnn(-c3ccccc3C(=O)O)c2)CCO1. The molecule has 1 amide bonds. The Kier molecular flexibility index (Phi) is 5.11. The molecule has 8 nitrogen and oxygen atoms in total. The lowest BCUT2D eigenvalue weighted by atomic mass is 10.2. The first-order chi connectivity index (χ1) is 12.1. The van der Waals surface area contributed by atoms with Gasteiger partial charge in [0.25, 0.3) is 0 Å². The second-order valence-corrected chi connectivity index (χ2v) is 5.82. The lowest BCUT2D eigenvalue weighted by Gasteiger charge is -2.31. The van der Waals surface area contributed by atoms with Crippen molar-refractivity contribution in [2.24, 2.45) is 0 Å². The minimum Gasteiger partial charge on any atom is -0.478 e. The van der Waals surface area contributed by atoms with Crippen LogP contribution in [0.25, 0.3) is 5.69 Å². The number of carbonyl (C=O) groups is 2. The van der Waals surface area contributed by atoms with Crippen LogP contribution >= 0.6 is 0 Å². The lowest BCUT2D eigenvalue weighted by molar-refractivity contribution is -0.138. The average molecular weight is 344 g/mol. The third-order valence-corrected chi connectivity index (χ3v) is 4.11. The highest BCUT2D eigenvalue weighted by molar-refractivity contribution is 5.91. The number of ether oxygens (including phenoxy) is 1. The van der Waals surface area contributed by atoms with Gasteiger partial charge in [0.15, 0.2) is 0 Å². The van der Waals surface area contributed by atoms with E-state index in [-0.39, 0.29) is 11.5 Å². The number of morpholine rings is 1. The first-order valence-corrected chi connectivity index (χ1v) is 8.00. The molecule has 132 valence electrons. The van der Waals surface area contributed by atoms with E-state index in [1.807, 2.05) is 6.20 Å². The summed E-state index contributed by atoms with van der Waals surface area (Å²) in [6.45, 7) is 2.35. The smallest absolute Gasteiger partial charge is 0.337 e. The zero-order chi connectivity index (χ0) is 17.8. The van der Waals surface area contributed by atoms with Gasteiger partial charge in [0.2, 0.25) is 5.91 Å². The van der Waals surface area contributed by atoms with Gasteiger partial charge < -0.3 is 15.2 Å². The van der Waals surface area contributed by atoms with Crippen molar-refractivity contribution in [3.05, 3.63) is 47.8 Å². The lowest BCUT2D eigenvalue weighted by Crippen LogP contribution is -2.48. The number of nitrogens with one attached hydrogen (secondary N) is 1. The number of benzene rings is 1. The van der Waals surface area contributed by atoms with Gasteiger partial charge in [-0.1, -0.05) is 12.1 Å². The van der Waals surface area contributed by atoms with Crippen LogP contribution in [0.1, 0.15) is 15.9 Å². The predicted octanol–water partition coefficient (Wildman–Crippen LogP) is 0.517. The van der Waals surface area contributed by atoms with E-state index in [2.05, 4.69) is 15.3 Å². The van der Waals surface area contributed by atoms with Gasteiger partial charge in [-0.15, -0.1) is 0 Å². The molecule has 25 heavy (non-hydrogen) atoms. The zero-order valence-electron chi connectivity index (χ0n) is 13.9. The normalized spacial score (nSPS) is 18.0. The van der Waals surface area contributed by atoms with Crippen LogP contribution < -0.4 is 5.32 Å². The average Bonchev–Trinajstić information content (AvgIpc) is 3.09. The number of para-hydroxylation sites is 1. The second kappa shape index (κ2) is 7.45. The van der Waals surface area contributed by atoms with E-state index in [1.165, 1.54) is 0 Å². The van der Waals surface area contributed by atoms with Crippen molar-refractivity contribution in [2.75, 3.05) is 26.7 Å². The molecule has 1 fully saturated rings. The summed E-state index contributed by atoms with van der Waals surface area (Å²) in [5.74, 6) is -1.12. The van der Waals surface area contributed by atoms with E-state index in [4.69, 9.17) is 4.74 Å². The van der Waals surface area contributed by atoms with E-state index in [9.17, 15) is 14.7 Å². The summed E-state index contributed by atoms with van der Waals surface area (Å²) in [4.78, 5) is 25.2. The fraction of sp³-hybridized carbons (Fsp3) is 0.353. The van der Waals surface area contributed by atoms with Crippen LogP contribution in [0.5, 0.6) is 0 Å². The molecule has 1 unspecified atom stereocenters. The van der Waals surface area contributed by atoms with Crippen molar-refractivity contribution < 1.29 is 19.4 Å². The van der Waals surface area contributed by atoms with Gasteiger partial charge in [-0.3, -0.25) is 9.69 Å². The molecule has 0 spiro atoms. The Labute approximate surface area is 145 Å². The molecule has 0 aliphatic carbocycles. The maximum atomic E-state index is 11.7. The summed E-state index contributed by atoms with van der Waals surface area (Å²) in [5, 5.41) is 16.2. The molecule has 2 N–H and O–H groups in total. The van der Waals surface area contributed by atoms with Crippen molar-refractivity contribution in [3.63, 3.8) is 0 Å². The minimum absolute atomic E-state index is 0.129. The first kappa shape index (κ1) is 17.1. The molecular formula is C17H20N4O4. The van der Waals surface area contributed by atoms with Crippen molar-refractivity contribution in [1.82, 2.24) is 20.0 Å².